The minimum Gasteiger partial charge on any atom is -0.369 e. The summed E-state index contributed by atoms with van der Waals surface area (Å²) in [5.41, 5.74) is 7.35. The van der Waals surface area contributed by atoms with Crippen LogP contribution in [0.4, 0.5) is 0 Å². The number of benzene rings is 1. The maximum atomic E-state index is 12.0. The van der Waals surface area contributed by atoms with Gasteiger partial charge in [-0.25, -0.2) is 0 Å². The van der Waals surface area contributed by atoms with Gasteiger partial charge in [0.1, 0.15) is 5.92 Å². The number of amides is 1. The van der Waals surface area contributed by atoms with E-state index in [4.69, 9.17) is 17.3 Å². The highest BCUT2D eigenvalue weighted by Gasteiger charge is 2.38. The Bertz CT molecular complexity index is 508. The lowest BCUT2D eigenvalue weighted by Crippen LogP contribution is -2.27. The van der Waals surface area contributed by atoms with E-state index in [1.54, 1.807) is 12.1 Å². The van der Waals surface area contributed by atoms with Gasteiger partial charge >= 0.3 is 0 Å². The minimum atomic E-state index is -0.851. The zero-order valence-corrected chi connectivity index (χ0v) is 9.91. The quantitative estimate of drug-likeness (QED) is 0.658. The average molecular weight is 250 g/mol. The van der Waals surface area contributed by atoms with Crippen molar-refractivity contribution in [2.24, 2.45) is 11.7 Å². The Morgan fingerprint density at radius 1 is 1.35 bits per heavy atom. The normalized spacial score (nSPS) is 20.6. The number of halogens is 1. The largest absolute Gasteiger partial charge is 0.369 e. The molecule has 1 unspecified atom stereocenters. The van der Waals surface area contributed by atoms with Crippen LogP contribution in [0, 0.1) is 5.92 Å². The van der Waals surface area contributed by atoms with Crippen molar-refractivity contribution in [1.29, 1.82) is 0 Å². The van der Waals surface area contributed by atoms with Crippen molar-refractivity contribution >= 4 is 28.9 Å². The van der Waals surface area contributed by atoms with Crippen LogP contribution in [0.5, 0.6) is 0 Å². The van der Waals surface area contributed by atoms with E-state index in [-0.39, 0.29) is 5.78 Å². The molecule has 1 atom stereocenters. The molecule has 1 aromatic carbocycles. The molecule has 1 aromatic rings. The molecule has 2 N–H and O–H groups in total. The molecule has 0 spiro atoms. The molecule has 0 saturated carbocycles. The van der Waals surface area contributed by atoms with E-state index < -0.39 is 11.8 Å². The van der Waals surface area contributed by atoms with Gasteiger partial charge in [0.05, 0.1) is 0 Å². The van der Waals surface area contributed by atoms with Crippen LogP contribution >= 0.6 is 11.6 Å². The molecule has 3 nitrogen and oxygen atoms in total. The van der Waals surface area contributed by atoms with E-state index in [0.29, 0.717) is 23.4 Å². The topological polar surface area (TPSA) is 60.2 Å². The number of nitrogens with two attached hydrogens (primary N) is 1. The maximum absolute atomic E-state index is 12.0. The third-order valence-electron chi connectivity index (χ3n) is 2.83. The van der Waals surface area contributed by atoms with Crippen molar-refractivity contribution in [2.75, 3.05) is 5.88 Å². The van der Waals surface area contributed by atoms with Gasteiger partial charge in [0, 0.05) is 11.4 Å². The van der Waals surface area contributed by atoms with Crippen LogP contribution in [0.2, 0.25) is 0 Å². The van der Waals surface area contributed by atoms with Crippen molar-refractivity contribution in [3.63, 3.8) is 0 Å². The van der Waals surface area contributed by atoms with Crippen LogP contribution in [0.1, 0.15) is 22.3 Å². The summed E-state index contributed by atoms with van der Waals surface area (Å²) in [6.45, 7) is 0. The first kappa shape index (κ1) is 11.9. The third kappa shape index (κ3) is 1.98. The first-order chi connectivity index (χ1) is 8.16. The summed E-state index contributed by atoms with van der Waals surface area (Å²) in [5, 5.41) is 0. The van der Waals surface area contributed by atoms with Gasteiger partial charge in [-0.2, -0.15) is 0 Å². The molecule has 4 heteroatoms. The fraction of sp³-hybridized carbons (Fsp3) is 0.231. The first-order valence-electron chi connectivity index (χ1n) is 5.35. The summed E-state index contributed by atoms with van der Waals surface area (Å²) in [6.07, 6.45) is 2.44. The van der Waals surface area contributed by atoms with E-state index in [1.165, 1.54) is 0 Å². The van der Waals surface area contributed by atoms with Crippen LogP contribution in [0.25, 0.3) is 5.57 Å². The first-order valence-corrected chi connectivity index (χ1v) is 5.89. The van der Waals surface area contributed by atoms with Gasteiger partial charge in [-0.15, -0.1) is 11.6 Å². The van der Waals surface area contributed by atoms with Gasteiger partial charge in [0.2, 0.25) is 5.91 Å². The summed E-state index contributed by atoms with van der Waals surface area (Å²) in [7, 11) is 0. The van der Waals surface area contributed by atoms with Crippen LogP contribution in [-0.2, 0) is 4.79 Å². The summed E-state index contributed by atoms with van der Waals surface area (Å²) < 4.78 is 0. The Kier molecular flexibility index (Phi) is 3.29. The summed E-state index contributed by atoms with van der Waals surface area (Å²) in [4.78, 5) is 23.4. The number of alkyl halides is 1. The van der Waals surface area contributed by atoms with Crippen LogP contribution in [0.15, 0.2) is 30.3 Å². The zero-order chi connectivity index (χ0) is 12.4. The Labute approximate surface area is 104 Å². The van der Waals surface area contributed by atoms with Crippen molar-refractivity contribution in [2.45, 2.75) is 6.42 Å². The molecule has 0 radical (unpaired) electrons. The smallest absolute Gasteiger partial charge is 0.232 e. The van der Waals surface area contributed by atoms with E-state index in [0.717, 1.165) is 5.56 Å². The van der Waals surface area contributed by atoms with Gasteiger partial charge in [0.15, 0.2) is 5.78 Å². The van der Waals surface area contributed by atoms with Gasteiger partial charge in [-0.3, -0.25) is 9.59 Å². The number of hydrogen-bond acceptors (Lipinski definition) is 2. The fourth-order valence-electron chi connectivity index (χ4n) is 2.12. The predicted molar refractivity (Wildman–Crippen MR) is 66.8 cm³/mol. The standard InChI is InChI=1S/C13H12ClNO2/c14-7-3-6-9-8-4-1-2-5-10(8)12(16)11(9)13(15)17/h1-2,4-6,11H,3,7H2,(H2,15,17)/b9-6-. The van der Waals surface area contributed by atoms with Crippen LogP contribution in [-0.4, -0.2) is 17.6 Å². The Balaban J connectivity index is 2.53. The van der Waals surface area contributed by atoms with Crippen molar-refractivity contribution in [1.82, 2.24) is 0 Å². The number of rotatable bonds is 3. The van der Waals surface area contributed by atoms with E-state index in [1.807, 2.05) is 18.2 Å². The zero-order valence-electron chi connectivity index (χ0n) is 9.15. The summed E-state index contributed by atoms with van der Waals surface area (Å²) in [6, 6.07) is 7.16. The molecule has 0 saturated heterocycles. The highest BCUT2D eigenvalue weighted by Crippen LogP contribution is 2.37. The van der Waals surface area contributed by atoms with Crippen molar-refractivity contribution in [3.05, 3.63) is 41.5 Å². The predicted octanol–water partition coefficient (Wildman–Crippen LogP) is 2.00. The number of Topliss-reactive ketones (excluding diaryl/α,β-unsaturated/α-hetero) is 1. The van der Waals surface area contributed by atoms with Gasteiger partial charge < -0.3 is 5.73 Å². The lowest BCUT2D eigenvalue weighted by molar-refractivity contribution is -0.118. The highest BCUT2D eigenvalue weighted by molar-refractivity contribution is 6.24. The van der Waals surface area contributed by atoms with Gasteiger partial charge in [-0.05, 0) is 17.6 Å². The molecule has 17 heavy (non-hydrogen) atoms. The number of ketones is 1. The maximum Gasteiger partial charge on any atom is 0.232 e. The Morgan fingerprint density at radius 2 is 2.00 bits per heavy atom. The number of carbonyl (C=O) groups is 2. The molecule has 0 fully saturated rings. The number of primary amides is 1. The minimum absolute atomic E-state index is 0.214. The van der Waals surface area contributed by atoms with Crippen molar-refractivity contribution in [3.8, 4) is 0 Å². The molecule has 1 aliphatic rings. The summed E-state index contributed by atoms with van der Waals surface area (Å²) >= 11 is 5.63. The van der Waals surface area contributed by atoms with Crippen LogP contribution < -0.4 is 5.73 Å². The molecule has 0 heterocycles. The molecule has 88 valence electrons. The highest BCUT2D eigenvalue weighted by atomic mass is 35.5. The second-order valence-electron chi connectivity index (χ2n) is 3.88. The SMILES string of the molecule is NC(=O)C1C(=O)c2ccccc2/C1=C/CCCl. The number of hydrogen-bond donors (Lipinski definition) is 1. The second-order valence-corrected chi connectivity index (χ2v) is 4.26. The Hall–Kier alpha value is -1.61. The monoisotopic (exact) mass is 249 g/mol. The number of fused-ring (bicyclic) bond motifs is 1. The molecular formula is C13H12ClNO2. The lowest BCUT2D eigenvalue weighted by Gasteiger charge is -2.06. The van der Waals surface area contributed by atoms with E-state index >= 15 is 0 Å². The molecule has 2 rings (SSSR count). The van der Waals surface area contributed by atoms with Crippen LogP contribution in [0.3, 0.4) is 0 Å². The molecule has 0 aliphatic heterocycles. The average Bonchev–Trinajstić information content (AvgIpc) is 2.60. The lowest BCUT2D eigenvalue weighted by atomic mass is 9.97. The van der Waals surface area contributed by atoms with Gasteiger partial charge in [0.25, 0.3) is 0 Å². The van der Waals surface area contributed by atoms with Gasteiger partial charge in [-0.1, -0.05) is 30.3 Å². The molecular weight excluding hydrogens is 238 g/mol. The van der Waals surface area contributed by atoms with E-state index in [2.05, 4.69) is 0 Å². The molecule has 1 aliphatic carbocycles. The molecule has 0 aromatic heterocycles. The van der Waals surface area contributed by atoms with E-state index in [9.17, 15) is 9.59 Å². The Morgan fingerprint density at radius 3 is 2.59 bits per heavy atom. The second kappa shape index (κ2) is 4.72. The molecule has 0 bridgehead atoms. The third-order valence-corrected chi connectivity index (χ3v) is 3.05. The summed E-state index contributed by atoms with van der Waals surface area (Å²) in [5.74, 6) is -1.22. The fourth-order valence-corrected chi connectivity index (χ4v) is 2.23. The number of carbonyl (C=O) groups excluding carboxylic acids is 2. The number of allylic oxidation sites excluding steroid dienone is 1. The van der Waals surface area contributed by atoms with Crippen molar-refractivity contribution < 1.29 is 9.59 Å². The molecule has 1 amide bonds.